The Morgan fingerprint density at radius 2 is 0.857 bits per heavy atom. The molecule has 0 heterocycles. The van der Waals surface area contributed by atoms with E-state index in [2.05, 4.69) is 0 Å². The van der Waals surface area contributed by atoms with Crippen molar-refractivity contribution in [2.24, 2.45) is 0 Å². The van der Waals surface area contributed by atoms with E-state index in [-0.39, 0.29) is 89.7 Å². The quantitative estimate of drug-likeness (QED) is 0.343. The predicted octanol–water partition coefficient (Wildman–Crippen LogP) is -7.67. The van der Waals surface area contributed by atoms with Gasteiger partial charge >= 0.3 is 69.3 Å². The fraction of sp³-hybridized carbons (Fsp3) is 0.500. The van der Waals surface area contributed by atoms with Gasteiger partial charge in [-0.05, 0) is 0 Å². The Balaban J connectivity index is -0.0000000257. The Bertz CT molecular complexity index is 238. The maximum atomic E-state index is 10.3. The van der Waals surface area contributed by atoms with Crippen LogP contribution in [0.15, 0.2) is 0 Å². The van der Waals surface area contributed by atoms with Crippen LogP contribution in [0.5, 0.6) is 0 Å². The molecule has 0 fully saturated rings. The van der Waals surface area contributed by atoms with Gasteiger partial charge in [-0.2, -0.15) is 0 Å². The molecule has 0 radical (unpaired) electrons. The molecule has 0 saturated carbocycles. The van der Waals surface area contributed by atoms with E-state index in [4.69, 9.17) is 20.4 Å². The molecule has 18 N–H and O–H groups in total. The van der Waals surface area contributed by atoms with Crippen molar-refractivity contribution in [1.29, 1.82) is 0 Å². The summed E-state index contributed by atoms with van der Waals surface area (Å²) in [5.74, 6) is -5.02. The molecule has 0 aliphatic heterocycles. The SMILES string of the molecule is O.O.O.O.O.O.O.O=C(O)CC(O)(CC(=O)O)C(=O)O.[KH]. The van der Waals surface area contributed by atoms with E-state index >= 15 is 0 Å². The van der Waals surface area contributed by atoms with Gasteiger partial charge in [0.1, 0.15) is 0 Å². The zero-order valence-corrected chi connectivity index (χ0v) is 9.93. The van der Waals surface area contributed by atoms with Gasteiger partial charge in [-0.15, -0.1) is 0 Å². The molecule has 0 saturated heterocycles. The first-order chi connectivity index (χ1) is 5.78. The van der Waals surface area contributed by atoms with Crippen molar-refractivity contribution in [3.8, 4) is 0 Å². The first-order valence-electron chi connectivity index (χ1n) is 3.17. The molecule has 0 bridgehead atoms. The molecule has 0 atom stereocenters. The fourth-order valence-electron chi connectivity index (χ4n) is 0.714. The van der Waals surface area contributed by atoms with Gasteiger partial charge in [0, 0.05) is 0 Å². The van der Waals surface area contributed by atoms with E-state index in [0.717, 1.165) is 0 Å². The van der Waals surface area contributed by atoms with Crippen molar-refractivity contribution < 1.29 is 73.1 Å². The number of aliphatic hydroxyl groups is 1. The molecule has 0 aliphatic rings. The van der Waals surface area contributed by atoms with Crippen molar-refractivity contribution in [2.45, 2.75) is 18.4 Å². The molecule has 132 valence electrons. The van der Waals surface area contributed by atoms with Crippen LogP contribution in [0.4, 0.5) is 0 Å². The third-order valence-electron chi connectivity index (χ3n) is 1.29. The molecule has 0 aromatic rings. The van der Waals surface area contributed by atoms with E-state index < -0.39 is 36.4 Å². The number of rotatable bonds is 5. The third-order valence-corrected chi connectivity index (χ3v) is 1.29. The monoisotopic (exact) mass is 358 g/mol. The number of hydrogen-bond acceptors (Lipinski definition) is 4. The van der Waals surface area contributed by atoms with Crippen LogP contribution in [0.3, 0.4) is 0 Å². The molecular weight excluding hydrogens is 335 g/mol. The van der Waals surface area contributed by atoms with Crippen molar-refractivity contribution in [1.82, 2.24) is 0 Å². The second-order valence-electron chi connectivity index (χ2n) is 2.48. The summed E-state index contributed by atoms with van der Waals surface area (Å²) in [5, 5.41) is 33.8. The van der Waals surface area contributed by atoms with Crippen molar-refractivity contribution in [3.05, 3.63) is 0 Å². The topological polar surface area (TPSA) is 353 Å². The molecule has 15 heteroatoms. The van der Waals surface area contributed by atoms with Crippen LogP contribution in [0, 0.1) is 0 Å². The molecule has 14 nitrogen and oxygen atoms in total. The van der Waals surface area contributed by atoms with E-state index in [1.54, 1.807) is 0 Å². The van der Waals surface area contributed by atoms with Gasteiger partial charge in [0.2, 0.25) is 0 Å². The van der Waals surface area contributed by atoms with Crippen LogP contribution in [0.1, 0.15) is 12.8 Å². The predicted molar refractivity (Wildman–Crippen MR) is 69.5 cm³/mol. The van der Waals surface area contributed by atoms with Gasteiger partial charge < -0.3 is 58.8 Å². The summed E-state index contributed by atoms with van der Waals surface area (Å²) in [6.45, 7) is 0. The standard InChI is InChI=1S/C6H8O7.K.7H2O.H/c7-3(8)1-6(13,5(11)12)2-4(9)10;;;;;;;;;/h13H,1-2H2,(H,7,8)(H,9,10)(H,11,12);;7*1H2;. The van der Waals surface area contributed by atoms with Gasteiger partial charge in [-0.1, -0.05) is 0 Å². The summed E-state index contributed by atoms with van der Waals surface area (Å²) >= 11 is 0. The number of carboxylic acids is 3. The first-order valence-corrected chi connectivity index (χ1v) is 3.17. The second kappa shape index (κ2) is 24.7. The first kappa shape index (κ1) is 58.7. The van der Waals surface area contributed by atoms with E-state index in [9.17, 15) is 14.4 Å². The third kappa shape index (κ3) is 25.1. The Morgan fingerprint density at radius 3 is 0.952 bits per heavy atom. The summed E-state index contributed by atoms with van der Waals surface area (Å²) in [5.41, 5.74) is -2.74. The molecule has 0 spiro atoms. The Hall–Kier alpha value is -0.274. The Labute approximate surface area is 160 Å². The molecular formula is C6H23KO14. The molecule has 0 aliphatic carbocycles. The average Bonchev–Trinajstić information content (AvgIpc) is 1.82. The van der Waals surface area contributed by atoms with E-state index in [1.807, 2.05) is 0 Å². The summed E-state index contributed by atoms with van der Waals surface area (Å²) in [6.07, 6.45) is -2.29. The van der Waals surface area contributed by atoms with Crippen LogP contribution in [0.25, 0.3) is 0 Å². The maximum absolute atomic E-state index is 10.3. The normalized spacial score (nSPS) is 6.71. The zero-order chi connectivity index (χ0) is 10.6. The molecule has 0 amide bonds. The molecule has 0 aromatic heterocycles. The van der Waals surface area contributed by atoms with E-state index in [1.165, 1.54) is 0 Å². The Morgan fingerprint density at radius 1 is 0.667 bits per heavy atom. The minimum absolute atomic E-state index is 0. The van der Waals surface area contributed by atoms with Gasteiger partial charge in [0.25, 0.3) is 0 Å². The number of carboxylic acid groups (broad SMARTS) is 3. The second-order valence-corrected chi connectivity index (χ2v) is 2.48. The number of hydrogen-bond donors (Lipinski definition) is 4. The van der Waals surface area contributed by atoms with Gasteiger partial charge in [-0.3, -0.25) is 9.59 Å². The molecule has 0 aromatic carbocycles. The van der Waals surface area contributed by atoms with Gasteiger partial charge in [0.15, 0.2) is 5.60 Å². The summed E-state index contributed by atoms with van der Waals surface area (Å²) < 4.78 is 0. The number of carbonyl (C=O) groups is 3. The zero-order valence-electron chi connectivity index (χ0n) is 9.93. The van der Waals surface area contributed by atoms with Crippen molar-refractivity contribution >= 4 is 69.3 Å². The molecule has 0 unspecified atom stereocenters. The number of aliphatic carboxylic acids is 3. The van der Waals surface area contributed by atoms with E-state index in [0.29, 0.717) is 0 Å². The Kier molecular flexibility index (Phi) is 69.1. The summed E-state index contributed by atoms with van der Waals surface area (Å²) in [7, 11) is 0. The van der Waals surface area contributed by atoms with Crippen LogP contribution >= 0.6 is 0 Å². The van der Waals surface area contributed by atoms with Gasteiger partial charge in [-0.25, -0.2) is 4.79 Å². The van der Waals surface area contributed by atoms with Crippen LogP contribution in [0.2, 0.25) is 0 Å². The minimum atomic E-state index is -2.74. The van der Waals surface area contributed by atoms with Crippen molar-refractivity contribution in [3.63, 3.8) is 0 Å². The molecule has 0 rings (SSSR count). The van der Waals surface area contributed by atoms with Gasteiger partial charge in [0.05, 0.1) is 12.8 Å². The fourth-order valence-corrected chi connectivity index (χ4v) is 0.714. The average molecular weight is 358 g/mol. The van der Waals surface area contributed by atoms with Crippen LogP contribution in [-0.4, -0.2) is 134 Å². The van der Waals surface area contributed by atoms with Crippen molar-refractivity contribution in [2.75, 3.05) is 0 Å². The summed E-state index contributed by atoms with van der Waals surface area (Å²) in [4.78, 5) is 30.5. The summed E-state index contributed by atoms with van der Waals surface area (Å²) in [6, 6.07) is 0. The van der Waals surface area contributed by atoms with Crippen LogP contribution < -0.4 is 0 Å². The molecule has 21 heavy (non-hydrogen) atoms. The van der Waals surface area contributed by atoms with Crippen LogP contribution in [-0.2, 0) is 14.4 Å².